The number of carbonyl (C=O) groups excluding carboxylic acids is 1. The van der Waals surface area contributed by atoms with Gasteiger partial charge in [0.25, 0.3) is 6.43 Å². The van der Waals surface area contributed by atoms with Crippen molar-refractivity contribution >= 4 is 44.0 Å². The highest BCUT2D eigenvalue weighted by Gasteiger charge is 2.30. The van der Waals surface area contributed by atoms with Gasteiger partial charge in [-0.1, -0.05) is 6.07 Å². The summed E-state index contributed by atoms with van der Waals surface area (Å²) in [5.74, 6) is -0.612. The van der Waals surface area contributed by atoms with Gasteiger partial charge < -0.3 is 15.6 Å². The van der Waals surface area contributed by atoms with Crippen molar-refractivity contribution in [1.82, 2.24) is 24.7 Å². The van der Waals surface area contributed by atoms with Gasteiger partial charge in [-0.05, 0) is 37.5 Å². The summed E-state index contributed by atoms with van der Waals surface area (Å²) in [7, 11) is 0.495. The molecule has 10 nitrogen and oxygen atoms in total. The molecule has 13 heteroatoms. The van der Waals surface area contributed by atoms with Crippen molar-refractivity contribution < 1.29 is 17.8 Å². The summed E-state index contributed by atoms with van der Waals surface area (Å²) in [6.45, 7) is 1.94. The highest BCUT2D eigenvalue weighted by molar-refractivity contribution is 7.93. The summed E-state index contributed by atoms with van der Waals surface area (Å²) in [4.78, 5) is 23.5. The Bertz CT molecular complexity index is 1650. The maximum atomic E-state index is 13.5. The summed E-state index contributed by atoms with van der Waals surface area (Å²) in [6, 6.07) is 6.93. The molecule has 0 bridgehead atoms. The van der Waals surface area contributed by atoms with Gasteiger partial charge in [-0.25, -0.2) is 27.3 Å². The lowest BCUT2D eigenvalue weighted by molar-refractivity contribution is -0.117. The monoisotopic (exact) mass is 528 g/mol. The minimum absolute atomic E-state index is 0.0213. The predicted octanol–water partition coefficient (Wildman–Crippen LogP) is 4.78. The van der Waals surface area contributed by atoms with Crippen LogP contribution >= 0.6 is 0 Å². The lowest BCUT2D eigenvalue weighted by Gasteiger charge is -2.16. The first kappa shape index (κ1) is 24.8. The molecule has 0 spiro atoms. The van der Waals surface area contributed by atoms with Crippen LogP contribution in [0.3, 0.4) is 0 Å². The van der Waals surface area contributed by atoms with Crippen LogP contribution in [0.15, 0.2) is 39.7 Å². The Balaban J connectivity index is 1.62. The zero-order chi connectivity index (χ0) is 26.5. The van der Waals surface area contributed by atoms with Gasteiger partial charge >= 0.3 is 0 Å². The third kappa shape index (κ3) is 4.78. The van der Waals surface area contributed by atoms with Gasteiger partial charge in [0.15, 0.2) is 11.5 Å². The number of halogens is 2. The fraction of sp³-hybridized carbons (Fsp3) is 0.333. The molecule has 1 amide bonds. The first-order valence-electron chi connectivity index (χ1n) is 11.6. The number of hydrogen-bond donors (Lipinski definition) is 3. The average Bonchev–Trinajstić information content (AvgIpc) is 3.54. The maximum Gasteiger partial charge on any atom is 0.295 e. The SMILES string of the molecule is CN=[S@](C)(=O)c1cc(-c2cnn(C)c2C)ccc1Nc1cc(NC(=O)C2CC2)nc2nc(C(F)F)[nH]c12. The number of nitrogens with one attached hydrogen (secondary N) is 3. The topological polar surface area (TPSA) is 130 Å². The molecular formula is C24H26F2N8O2S. The summed E-state index contributed by atoms with van der Waals surface area (Å²) < 4.78 is 46.2. The van der Waals surface area contributed by atoms with Crippen LogP contribution in [0.5, 0.6) is 0 Å². The third-order valence-electron chi connectivity index (χ3n) is 6.44. The Kier molecular flexibility index (Phi) is 6.18. The molecule has 1 aromatic carbocycles. The van der Waals surface area contributed by atoms with Crippen LogP contribution in [0.2, 0.25) is 0 Å². The van der Waals surface area contributed by atoms with E-state index in [4.69, 9.17) is 0 Å². The Morgan fingerprint density at radius 2 is 2.00 bits per heavy atom. The van der Waals surface area contributed by atoms with Crippen molar-refractivity contribution in [3.8, 4) is 11.1 Å². The van der Waals surface area contributed by atoms with Crippen LogP contribution in [-0.4, -0.2) is 48.2 Å². The minimum atomic E-state index is -2.84. The average molecular weight is 529 g/mol. The van der Waals surface area contributed by atoms with E-state index in [9.17, 15) is 17.8 Å². The normalized spacial score (nSPS) is 15.1. The molecule has 1 aliphatic carbocycles. The molecule has 1 fully saturated rings. The van der Waals surface area contributed by atoms with E-state index in [0.717, 1.165) is 29.7 Å². The van der Waals surface area contributed by atoms with Crippen molar-refractivity contribution in [3.63, 3.8) is 0 Å². The van der Waals surface area contributed by atoms with E-state index >= 15 is 0 Å². The van der Waals surface area contributed by atoms with E-state index in [1.807, 2.05) is 20.0 Å². The fourth-order valence-corrected chi connectivity index (χ4v) is 5.05. The van der Waals surface area contributed by atoms with Gasteiger partial charge in [0.05, 0.1) is 32.2 Å². The van der Waals surface area contributed by atoms with Gasteiger partial charge in [-0.3, -0.25) is 9.48 Å². The van der Waals surface area contributed by atoms with Gasteiger partial charge in [0.1, 0.15) is 11.3 Å². The van der Waals surface area contributed by atoms with Crippen LogP contribution in [0, 0.1) is 12.8 Å². The molecule has 0 aliphatic heterocycles. The fourth-order valence-electron chi connectivity index (χ4n) is 3.98. The number of amides is 1. The summed E-state index contributed by atoms with van der Waals surface area (Å²) >= 11 is 0. The largest absolute Gasteiger partial charge is 0.353 e. The summed E-state index contributed by atoms with van der Waals surface area (Å²) in [5.41, 5.74) is 3.68. The standard InChI is InChI=1S/C24H26F2N8O2S/c1-12-15(11-28-34(12)3)14-7-8-16(18(9-14)37(4,36)27-2)29-17-10-19(31-24(35)13-5-6-13)30-22-20(17)32-23(33-22)21(25)26/h7-11,13,21H,5-6H2,1-4H3,(H3,29,30,31,32,33,35)/t37-/m1/s1. The third-order valence-corrected chi connectivity index (χ3v) is 8.29. The molecule has 1 atom stereocenters. The maximum absolute atomic E-state index is 13.5. The lowest BCUT2D eigenvalue weighted by atomic mass is 10.1. The molecule has 5 rings (SSSR count). The van der Waals surface area contributed by atoms with Crippen LogP contribution in [0.25, 0.3) is 22.3 Å². The molecule has 37 heavy (non-hydrogen) atoms. The number of aryl methyl sites for hydroxylation is 1. The molecule has 0 saturated heterocycles. The Morgan fingerprint density at radius 3 is 2.62 bits per heavy atom. The molecule has 3 aromatic heterocycles. The zero-order valence-electron chi connectivity index (χ0n) is 20.7. The van der Waals surface area contributed by atoms with Crippen molar-refractivity contribution in [1.29, 1.82) is 0 Å². The Labute approximate surface area is 212 Å². The number of H-pyrrole nitrogens is 1. The highest BCUT2D eigenvalue weighted by Crippen LogP contribution is 2.36. The number of anilines is 3. The van der Waals surface area contributed by atoms with Crippen LogP contribution < -0.4 is 10.6 Å². The number of benzene rings is 1. The number of hydrogen-bond acceptors (Lipinski definition) is 7. The van der Waals surface area contributed by atoms with Gasteiger partial charge in [0.2, 0.25) is 5.91 Å². The van der Waals surface area contributed by atoms with Crippen molar-refractivity contribution in [2.45, 2.75) is 31.1 Å². The van der Waals surface area contributed by atoms with E-state index in [1.165, 1.54) is 13.3 Å². The number of aromatic amines is 1. The molecule has 1 saturated carbocycles. The number of alkyl halides is 2. The Morgan fingerprint density at radius 1 is 1.24 bits per heavy atom. The highest BCUT2D eigenvalue weighted by atomic mass is 32.2. The molecule has 4 aromatic rings. The second-order valence-corrected chi connectivity index (χ2v) is 11.4. The van der Waals surface area contributed by atoms with Crippen LogP contribution in [0.1, 0.15) is 30.8 Å². The van der Waals surface area contributed by atoms with Crippen molar-refractivity contribution in [2.24, 2.45) is 17.3 Å². The number of carbonyl (C=O) groups is 1. The molecule has 194 valence electrons. The summed E-state index contributed by atoms with van der Waals surface area (Å²) in [5, 5.41) is 10.2. The summed E-state index contributed by atoms with van der Waals surface area (Å²) in [6.07, 6.45) is 2.03. The number of nitrogens with zero attached hydrogens (tertiary/aromatic N) is 5. The predicted molar refractivity (Wildman–Crippen MR) is 138 cm³/mol. The van der Waals surface area contributed by atoms with E-state index < -0.39 is 22.0 Å². The van der Waals surface area contributed by atoms with Crippen LogP contribution in [0.4, 0.5) is 26.0 Å². The quantitative estimate of drug-likeness (QED) is 0.316. The number of rotatable bonds is 7. The molecular weight excluding hydrogens is 502 g/mol. The van der Waals surface area contributed by atoms with E-state index in [-0.39, 0.29) is 28.8 Å². The Hall–Kier alpha value is -3.87. The number of imidazole rings is 1. The first-order valence-corrected chi connectivity index (χ1v) is 13.5. The number of pyridine rings is 1. The lowest BCUT2D eigenvalue weighted by Crippen LogP contribution is -2.14. The number of aromatic nitrogens is 5. The first-order chi connectivity index (χ1) is 17.6. The van der Waals surface area contributed by atoms with E-state index in [1.54, 1.807) is 29.1 Å². The minimum Gasteiger partial charge on any atom is -0.353 e. The molecule has 3 N–H and O–H groups in total. The van der Waals surface area contributed by atoms with Crippen molar-refractivity contribution in [2.75, 3.05) is 23.9 Å². The number of fused-ring (bicyclic) bond motifs is 1. The smallest absolute Gasteiger partial charge is 0.295 e. The van der Waals surface area contributed by atoms with E-state index in [2.05, 4.69) is 35.0 Å². The van der Waals surface area contributed by atoms with Gasteiger partial charge in [-0.2, -0.15) is 5.10 Å². The zero-order valence-corrected chi connectivity index (χ0v) is 21.5. The van der Waals surface area contributed by atoms with Gasteiger partial charge in [0, 0.05) is 43.6 Å². The molecule has 3 heterocycles. The van der Waals surface area contributed by atoms with Gasteiger partial charge in [-0.15, -0.1) is 0 Å². The van der Waals surface area contributed by atoms with E-state index in [0.29, 0.717) is 16.3 Å². The second-order valence-electron chi connectivity index (χ2n) is 9.03. The molecule has 1 aliphatic rings. The van der Waals surface area contributed by atoms with Crippen molar-refractivity contribution in [3.05, 3.63) is 42.0 Å². The molecule has 0 radical (unpaired) electrons. The van der Waals surface area contributed by atoms with Crippen LogP contribution in [-0.2, 0) is 21.6 Å². The molecule has 0 unspecified atom stereocenters. The second kappa shape index (κ2) is 9.21.